The monoisotopic (exact) mass is 406 g/mol. The van der Waals surface area contributed by atoms with Gasteiger partial charge in [-0.1, -0.05) is 20.8 Å². The number of hydrogen-bond acceptors (Lipinski definition) is 7. The normalized spacial score (nSPS) is 11.4. The number of nitrogens with zero attached hydrogens (tertiary/aromatic N) is 3. The summed E-state index contributed by atoms with van der Waals surface area (Å²) in [6.07, 6.45) is 1.20. The van der Waals surface area contributed by atoms with Crippen molar-refractivity contribution in [2.75, 3.05) is 5.32 Å². The number of aromatic nitrogens is 2. The van der Waals surface area contributed by atoms with Gasteiger partial charge in [-0.3, -0.25) is 14.9 Å². The fourth-order valence-corrected chi connectivity index (χ4v) is 2.49. The predicted molar refractivity (Wildman–Crippen MR) is 105 cm³/mol. The lowest BCUT2D eigenvalue weighted by Gasteiger charge is -2.19. The number of nitrogens with one attached hydrogen (secondary N) is 1. The van der Waals surface area contributed by atoms with E-state index in [2.05, 4.69) is 10.3 Å². The summed E-state index contributed by atoms with van der Waals surface area (Å²) in [5, 5.41) is 13.9. The number of nitro benzene ring substituents is 1. The van der Waals surface area contributed by atoms with Gasteiger partial charge >= 0.3 is 11.5 Å². The van der Waals surface area contributed by atoms with Crippen LogP contribution in [-0.4, -0.2) is 26.6 Å². The minimum atomic E-state index is -0.876. The van der Waals surface area contributed by atoms with E-state index in [9.17, 15) is 24.1 Å². The lowest BCUT2D eigenvalue weighted by Crippen LogP contribution is -2.36. The number of carbonyl (C=O) groups is 1. The van der Waals surface area contributed by atoms with Crippen molar-refractivity contribution in [3.63, 3.8) is 0 Å². The highest BCUT2D eigenvalue weighted by Crippen LogP contribution is 2.25. The lowest BCUT2D eigenvalue weighted by atomic mass is 9.93. The first-order valence-electron chi connectivity index (χ1n) is 8.92. The molecule has 0 bridgehead atoms. The zero-order chi connectivity index (χ0) is 21.9. The molecular weight excluding hydrogens is 383 g/mol. The Labute approximate surface area is 166 Å². The molecule has 2 rings (SSSR count). The van der Waals surface area contributed by atoms with Gasteiger partial charge in [0.25, 0.3) is 5.69 Å². The van der Waals surface area contributed by atoms with Crippen LogP contribution in [0.4, 0.5) is 15.9 Å². The van der Waals surface area contributed by atoms with Gasteiger partial charge in [-0.25, -0.2) is 14.2 Å². The molecule has 0 aliphatic rings. The number of nitro groups is 1. The third kappa shape index (κ3) is 5.84. The van der Waals surface area contributed by atoms with E-state index in [0.717, 1.165) is 18.2 Å². The Hall–Kier alpha value is -3.30. The smallest absolute Gasteiger partial charge is 0.333 e. The summed E-state index contributed by atoms with van der Waals surface area (Å²) in [6.45, 7) is 9.06. The molecule has 156 valence electrons. The molecule has 0 atom stereocenters. The maximum Gasteiger partial charge on any atom is 0.333 e. The van der Waals surface area contributed by atoms with Crippen molar-refractivity contribution in [3.8, 4) is 11.3 Å². The van der Waals surface area contributed by atoms with Crippen LogP contribution in [-0.2, 0) is 4.79 Å². The van der Waals surface area contributed by atoms with Crippen LogP contribution >= 0.6 is 0 Å². The number of carbonyl (C=O) groups excluding carboxylic acids is 1. The number of non-ortho nitro benzene ring substituents is 1. The highest BCUT2D eigenvalue weighted by atomic mass is 19.1. The van der Waals surface area contributed by atoms with Gasteiger partial charge in [0.15, 0.2) is 5.82 Å². The number of anilines is 1. The third-order valence-corrected chi connectivity index (χ3v) is 3.60. The molecule has 0 fully saturated rings. The van der Waals surface area contributed by atoms with Crippen molar-refractivity contribution in [1.82, 2.24) is 9.71 Å². The second kappa shape index (κ2) is 8.38. The van der Waals surface area contributed by atoms with Crippen LogP contribution in [0.2, 0.25) is 0 Å². The van der Waals surface area contributed by atoms with Crippen LogP contribution in [0.3, 0.4) is 0 Å². The van der Waals surface area contributed by atoms with E-state index in [1.54, 1.807) is 13.8 Å². The van der Waals surface area contributed by atoms with E-state index in [0.29, 0.717) is 4.73 Å². The fourth-order valence-electron chi connectivity index (χ4n) is 2.49. The Balaban J connectivity index is 2.63. The van der Waals surface area contributed by atoms with Crippen LogP contribution in [0.25, 0.3) is 11.3 Å². The van der Waals surface area contributed by atoms with E-state index < -0.39 is 33.4 Å². The van der Waals surface area contributed by atoms with Gasteiger partial charge in [0.05, 0.1) is 23.6 Å². The predicted octanol–water partition coefficient (Wildman–Crippen LogP) is 3.17. The van der Waals surface area contributed by atoms with Crippen molar-refractivity contribution in [2.45, 2.75) is 47.1 Å². The van der Waals surface area contributed by atoms with Gasteiger partial charge in [-0.15, -0.1) is 4.73 Å². The molecule has 0 radical (unpaired) electrons. The average molecular weight is 406 g/mol. The summed E-state index contributed by atoms with van der Waals surface area (Å²) in [4.78, 5) is 44.7. The summed E-state index contributed by atoms with van der Waals surface area (Å²) < 4.78 is 14.6. The average Bonchev–Trinajstić information content (AvgIpc) is 2.55. The number of rotatable bonds is 6. The number of halogens is 1. The first-order chi connectivity index (χ1) is 13.4. The van der Waals surface area contributed by atoms with Crippen molar-refractivity contribution < 1.29 is 18.9 Å². The SMILES string of the molecule is CC(C)Nc1ncc(-c2cc(F)cc([N+](=O)[O-])c2)n(OC(=O)CC(C)(C)C)c1=O. The molecule has 29 heavy (non-hydrogen) atoms. The van der Waals surface area contributed by atoms with Crippen LogP contribution < -0.4 is 15.7 Å². The molecule has 0 aliphatic carbocycles. The van der Waals surface area contributed by atoms with Gasteiger partial charge < -0.3 is 10.2 Å². The molecule has 2 aromatic rings. The minimum absolute atomic E-state index is 0.0114. The molecular formula is C19H23FN4O5. The quantitative estimate of drug-likeness (QED) is 0.578. The molecule has 0 spiro atoms. The Morgan fingerprint density at radius 3 is 2.55 bits per heavy atom. The van der Waals surface area contributed by atoms with E-state index in [-0.39, 0.29) is 29.5 Å². The van der Waals surface area contributed by atoms with Crippen molar-refractivity contribution >= 4 is 17.5 Å². The number of benzene rings is 1. The number of hydrogen-bond donors (Lipinski definition) is 1. The largest absolute Gasteiger partial charge is 0.363 e. The fraction of sp³-hybridized carbons (Fsp3) is 0.421. The molecule has 1 aromatic carbocycles. The zero-order valence-corrected chi connectivity index (χ0v) is 16.9. The standard InChI is InChI=1S/C19H23FN4O5/c1-11(2)22-17-18(26)23(29-16(25)9-19(3,4)5)15(10-21-17)12-6-13(20)8-14(7-12)24(27)28/h6-8,10-11H,9H2,1-5H3,(H,21,22). The van der Waals surface area contributed by atoms with Gasteiger partial charge in [-0.05, 0) is 25.3 Å². The van der Waals surface area contributed by atoms with Gasteiger partial charge in [0, 0.05) is 17.7 Å². The maximum atomic E-state index is 13.9. The van der Waals surface area contributed by atoms with E-state index in [1.807, 2.05) is 20.8 Å². The van der Waals surface area contributed by atoms with Crippen LogP contribution in [0, 0.1) is 21.3 Å². The molecule has 0 unspecified atom stereocenters. The summed E-state index contributed by atoms with van der Waals surface area (Å²) in [7, 11) is 0. The third-order valence-electron chi connectivity index (χ3n) is 3.60. The van der Waals surface area contributed by atoms with Gasteiger partial charge in [0.2, 0.25) is 0 Å². The molecule has 0 saturated heterocycles. The molecule has 1 N–H and O–H groups in total. The van der Waals surface area contributed by atoms with Crippen molar-refractivity contribution in [2.24, 2.45) is 5.41 Å². The summed E-state index contributed by atoms with van der Waals surface area (Å²) in [5.74, 6) is -1.63. The van der Waals surface area contributed by atoms with Crippen LogP contribution in [0.5, 0.6) is 0 Å². The second-order valence-electron chi connectivity index (χ2n) is 8.05. The van der Waals surface area contributed by atoms with Crippen molar-refractivity contribution in [3.05, 3.63) is 50.7 Å². The highest BCUT2D eigenvalue weighted by Gasteiger charge is 2.22. The Morgan fingerprint density at radius 2 is 2.00 bits per heavy atom. The second-order valence-corrected chi connectivity index (χ2v) is 8.05. The molecule has 10 heteroatoms. The Morgan fingerprint density at radius 1 is 1.34 bits per heavy atom. The molecule has 9 nitrogen and oxygen atoms in total. The Kier molecular flexibility index (Phi) is 6.35. The van der Waals surface area contributed by atoms with E-state index in [4.69, 9.17) is 4.84 Å². The summed E-state index contributed by atoms with van der Waals surface area (Å²) in [6, 6.07) is 2.69. The first-order valence-corrected chi connectivity index (χ1v) is 8.92. The Bertz CT molecular complexity index is 995. The van der Waals surface area contributed by atoms with Gasteiger partial charge in [0.1, 0.15) is 11.5 Å². The first kappa shape index (κ1) is 22.0. The van der Waals surface area contributed by atoms with Crippen molar-refractivity contribution in [1.29, 1.82) is 0 Å². The molecule has 1 heterocycles. The molecule has 0 saturated carbocycles. The van der Waals surface area contributed by atoms with E-state index >= 15 is 0 Å². The van der Waals surface area contributed by atoms with Crippen LogP contribution in [0.1, 0.15) is 41.0 Å². The highest BCUT2D eigenvalue weighted by molar-refractivity contribution is 5.71. The minimum Gasteiger partial charge on any atom is -0.363 e. The molecule has 0 aliphatic heterocycles. The lowest BCUT2D eigenvalue weighted by molar-refractivity contribution is -0.385. The maximum absolute atomic E-state index is 13.9. The molecule has 1 aromatic heterocycles. The summed E-state index contributed by atoms with van der Waals surface area (Å²) >= 11 is 0. The zero-order valence-electron chi connectivity index (χ0n) is 16.9. The van der Waals surface area contributed by atoms with E-state index in [1.165, 1.54) is 6.20 Å². The van der Waals surface area contributed by atoms with Gasteiger partial charge in [-0.2, -0.15) is 0 Å². The summed E-state index contributed by atoms with van der Waals surface area (Å²) in [5.41, 5.74) is -1.80. The molecule has 0 amide bonds. The topological polar surface area (TPSA) is 116 Å². The van der Waals surface area contributed by atoms with Crippen LogP contribution in [0.15, 0.2) is 29.2 Å².